The van der Waals surface area contributed by atoms with E-state index in [0.717, 1.165) is 30.5 Å². The van der Waals surface area contributed by atoms with Gasteiger partial charge in [-0.1, -0.05) is 18.2 Å². The maximum absolute atomic E-state index is 12.6. The average Bonchev–Trinajstić information content (AvgIpc) is 3.21. The van der Waals surface area contributed by atoms with Gasteiger partial charge in [-0.3, -0.25) is 14.6 Å². The Morgan fingerprint density at radius 2 is 1.92 bits per heavy atom. The van der Waals surface area contributed by atoms with Crippen molar-refractivity contribution in [3.63, 3.8) is 0 Å². The normalized spacial score (nSPS) is 24.3. The van der Waals surface area contributed by atoms with Gasteiger partial charge in [-0.2, -0.15) is 0 Å². The number of likely N-dealkylation sites (tertiary alicyclic amines) is 1. The first-order valence-corrected chi connectivity index (χ1v) is 8.69. The summed E-state index contributed by atoms with van der Waals surface area (Å²) in [6, 6.07) is 13.2. The first-order chi connectivity index (χ1) is 12.2. The SMILES string of the molecule is O=C(NCc1ccncc1)[C@@H]1C[C@@]12CCN(C(=O)c1ccccc1)C2. The average molecular weight is 335 g/mol. The molecule has 2 amide bonds. The van der Waals surface area contributed by atoms with E-state index in [-0.39, 0.29) is 23.1 Å². The third-order valence-electron chi connectivity index (χ3n) is 5.42. The number of rotatable bonds is 4. The second-order valence-corrected chi connectivity index (χ2v) is 7.04. The van der Waals surface area contributed by atoms with Gasteiger partial charge in [0.05, 0.1) is 0 Å². The van der Waals surface area contributed by atoms with Crippen LogP contribution in [0.15, 0.2) is 54.9 Å². The van der Waals surface area contributed by atoms with E-state index in [1.165, 1.54) is 0 Å². The summed E-state index contributed by atoms with van der Waals surface area (Å²) in [7, 11) is 0. The molecule has 0 bridgehead atoms. The molecule has 25 heavy (non-hydrogen) atoms. The molecule has 2 atom stereocenters. The molecule has 1 aromatic heterocycles. The number of hydrogen-bond donors (Lipinski definition) is 1. The molecule has 2 aliphatic rings. The molecule has 1 N–H and O–H groups in total. The van der Waals surface area contributed by atoms with E-state index in [1.807, 2.05) is 47.4 Å². The van der Waals surface area contributed by atoms with Crippen LogP contribution in [0.1, 0.15) is 28.8 Å². The Balaban J connectivity index is 1.33. The van der Waals surface area contributed by atoms with Gasteiger partial charge >= 0.3 is 0 Å². The van der Waals surface area contributed by atoms with E-state index in [4.69, 9.17) is 0 Å². The van der Waals surface area contributed by atoms with Crippen LogP contribution in [0, 0.1) is 11.3 Å². The summed E-state index contributed by atoms with van der Waals surface area (Å²) in [5, 5.41) is 3.02. The fraction of sp³-hybridized carbons (Fsp3) is 0.350. The summed E-state index contributed by atoms with van der Waals surface area (Å²) < 4.78 is 0. The third kappa shape index (κ3) is 3.14. The Bertz CT molecular complexity index is 778. The van der Waals surface area contributed by atoms with Crippen LogP contribution in [0.3, 0.4) is 0 Å². The lowest BCUT2D eigenvalue weighted by Crippen LogP contribution is -2.31. The lowest BCUT2D eigenvalue weighted by Gasteiger charge is -2.16. The highest BCUT2D eigenvalue weighted by Gasteiger charge is 2.61. The summed E-state index contributed by atoms with van der Waals surface area (Å²) in [6.45, 7) is 1.95. The molecular formula is C20H21N3O2. The highest BCUT2D eigenvalue weighted by molar-refractivity contribution is 5.94. The topological polar surface area (TPSA) is 62.3 Å². The largest absolute Gasteiger partial charge is 0.352 e. The first kappa shape index (κ1) is 15.8. The fourth-order valence-electron chi connectivity index (χ4n) is 3.81. The zero-order valence-electron chi connectivity index (χ0n) is 14.0. The maximum atomic E-state index is 12.6. The number of carbonyl (C=O) groups excluding carboxylic acids is 2. The van der Waals surface area contributed by atoms with Crippen LogP contribution in [-0.2, 0) is 11.3 Å². The van der Waals surface area contributed by atoms with Crippen LogP contribution in [-0.4, -0.2) is 34.8 Å². The lowest BCUT2D eigenvalue weighted by atomic mass is 10.0. The Kier molecular flexibility index (Phi) is 3.99. The number of aromatic nitrogens is 1. The van der Waals surface area contributed by atoms with Gasteiger partial charge in [-0.15, -0.1) is 0 Å². The van der Waals surface area contributed by atoms with E-state index in [1.54, 1.807) is 12.4 Å². The van der Waals surface area contributed by atoms with Crippen molar-refractivity contribution in [2.75, 3.05) is 13.1 Å². The van der Waals surface area contributed by atoms with E-state index in [9.17, 15) is 9.59 Å². The van der Waals surface area contributed by atoms with Crippen molar-refractivity contribution in [3.05, 3.63) is 66.0 Å². The van der Waals surface area contributed by atoms with Gasteiger partial charge in [0.25, 0.3) is 5.91 Å². The summed E-state index contributed by atoms with van der Waals surface area (Å²) in [4.78, 5) is 30.9. The van der Waals surface area contributed by atoms with Crippen LogP contribution in [0.2, 0.25) is 0 Å². The lowest BCUT2D eigenvalue weighted by molar-refractivity contribution is -0.123. The molecule has 2 fully saturated rings. The molecule has 128 valence electrons. The van der Waals surface area contributed by atoms with Gasteiger partial charge in [0.2, 0.25) is 5.91 Å². The minimum absolute atomic E-state index is 0.00718. The molecule has 0 radical (unpaired) electrons. The van der Waals surface area contributed by atoms with Crippen LogP contribution in [0.4, 0.5) is 0 Å². The molecule has 1 aliphatic carbocycles. The smallest absolute Gasteiger partial charge is 0.253 e. The van der Waals surface area contributed by atoms with Crippen LogP contribution < -0.4 is 5.32 Å². The Morgan fingerprint density at radius 1 is 1.16 bits per heavy atom. The van der Waals surface area contributed by atoms with Crippen molar-refractivity contribution in [1.82, 2.24) is 15.2 Å². The van der Waals surface area contributed by atoms with Crippen molar-refractivity contribution in [2.45, 2.75) is 19.4 Å². The minimum atomic E-state index is -0.00718. The number of amides is 2. The highest BCUT2D eigenvalue weighted by atomic mass is 16.2. The van der Waals surface area contributed by atoms with Crippen molar-refractivity contribution < 1.29 is 9.59 Å². The molecule has 5 heteroatoms. The first-order valence-electron chi connectivity index (χ1n) is 8.69. The number of hydrogen-bond acceptors (Lipinski definition) is 3. The Hall–Kier alpha value is -2.69. The minimum Gasteiger partial charge on any atom is -0.352 e. The monoisotopic (exact) mass is 335 g/mol. The summed E-state index contributed by atoms with van der Waals surface area (Å²) in [5.74, 6) is 0.203. The van der Waals surface area contributed by atoms with E-state index in [0.29, 0.717) is 13.1 Å². The van der Waals surface area contributed by atoms with Crippen LogP contribution >= 0.6 is 0 Å². The van der Waals surface area contributed by atoms with Gasteiger partial charge in [-0.25, -0.2) is 0 Å². The van der Waals surface area contributed by atoms with Gasteiger partial charge in [-0.05, 0) is 42.7 Å². The zero-order chi connectivity index (χ0) is 17.3. The molecule has 0 unspecified atom stereocenters. The second-order valence-electron chi connectivity index (χ2n) is 7.04. The molecule has 1 saturated heterocycles. The number of nitrogens with one attached hydrogen (secondary N) is 1. The standard InChI is InChI=1S/C20H21N3O2/c24-18(22-13-15-6-9-21-10-7-15)17-12-20(17)8-11-23(14-20)19(25)16-4-2-1-3-5-16/h1-7,9-10,17H,8,11-14H2,(H,22,24)/t17-,20+/m0/s1. The molecule has 4 rings (SSSR count). The molecule has 1 aliphatic heterocycles. The van der Waals surface area contributed by atoms with Gasteiger partial charge in [0.15, 0.2) is 0 Å². The van der Waals surface area contributed by atoms with Crippen molar-refractivity contribution in [3.8, 4) is 0 Å². The zero-order valence-corrected chi connectivity index (χ0v) is 14.0. The Morgan fingerprint density at radius 3 is 2.68 bits per heavy atom. The predicted octanol–water partition coefficient (Wildman–Crippen LogP) is 2.25. The summed E-state index contributed by atoms with van der Waals surface area (Å²) >= 11 is 0. The van der Waals surface area contributed by atoms with Crippen molar-refractivity contribution in [2.24, 2.45) is 11.3 Å². The van der Waals surface area contributed by atoms with E-state index >= 15 is 0 Å². The van der Waals surface area contributed by atoms with Crippen LogP contribution in [0.5, 0.6) is 0 Å². The van der Waals surface area contributed by atoms with Crippen molar-refractivity contribution >= 4 is 11.8 Å². The fourth-order valence-corrected chi connectivity index (χ4v) is 3.81. The van der Waals surface area contributed by atoms with Gasteiger partial charge in [0, 0.05) is 48.9 Å². The van der Waals surface area contributed by atoms with Gasteiger partial charge < -0.3 is 10.2 Å². The van der Waals surface area contributed by atoms with E-state index in [2.05, 4.69) is 10.3 Å². The molecule has 2 aromatic rings. The molecular weight excluding hydrogens is 314 g/mol. The molecule has 1 aromatic carbocycles. The predicted molar refractivity (Wildman–Crippen MR) is 93.6 cm³/mol. The maximum Gasteiger partial charge on any atom is 0.253 e. The summed E-state index contributed by atoms with van der Waals surface area (Å²) in [5.41, 5.74) is 1.76. The molecule has 2 heterocycles. The van der Waals surface area contributed by atoms with Gasteiger partial charge in [0.1, 0.15) is 0 Å². The number of nitrogens with zero attached hydrogens (tertiary/aromatic N) is 2. The third-order valence-corrected chi connectivity index (χ3v) is 5.42. The number of carbonyl (C=O) groups is 2. The van der Waals surface area contributed by atoms with Crippen molar-refractivity contribution in [1.29, 1.82) is 0 Å². The quantitative estimate of drug-likeness (QED) is 0.932. The Labute approximate surface area is 147 Å². The summed E-state index contributed by atoms with van der Waals surface area (Å²) in [6.07, 6.45) is 5.25. The van der Waals surface area contributed by atoms with Crippen LogP contribution in [0.25, 0.3) is 0 Å². The van der Waals surface area contributed by atoms with E-state index < -0.39 is 0 Å². The second kappa shape index (κ2) is 6.31. The molecule has 1 saturated carbocycles. The molecule has 1 spiro atoms. The molecule has 5 nitrogen and oxygen atoms in total. The number of benzene rings is 1. The highest BCUT2D eigenvalue weighted by Crippen LogP contribution is 2.58. The number of pyridine rings is 1.